The number of amides is 1. The molecule has 0 aromatic carbocycles. The van der Waals surface area contributed by atoms with Crippen molar-refractivity contribution in [2.24, 2.45) is 5.92 Å². The van der Waals surface area contributed by atoms with Gasteiger partial charge in [-0.05, 0) is 61.9 Å². The maximum absolute atomic E-state index is 14.0. The van der Waals surface area contributed by atoms with Crippen molar-refractivity contribution in [2.75, 3.05) is 23.3 Å². The normalized spacial score (nSPS) is 22.7. The minimum atomic E-state index is -0.656. The van der Waals surface area contributed by atoms with Gasteiger partial charge in [0.1, 0.15) is 17.1 Å². The van der Waals surface area contributed by atoms with E-state index in [1.54, 1.807) is 36.8 Å². The standard InChI is InChI=1S/C23H23FN6O2/c24-20-18(3-1-10-25-20)30-15-23(32-22(30)31)8-6-16(7-9-23)13-28-19-5-4-17(14-29-19)21-26-11-2-12-27-21/h1-5,10-12,14,16H,6-9,13,15H2,(H,28,29). The Hall–Kier alpha value is -3.62. The number of carbonyl (C=O) groups is 1. The highest BCUT2D eigenvalue weighted by Gasteiger charge is 2.48. The summed E-state index contributed by atoms with van der Waals surface area (Å²) in [5, 5.41) is 3.39. The summed E-state index contributed by atoms with van der Waals surface area (Å²) in [6.45, 7) is 1.15. The van der Waals surface area contributed by atoms with Crippen LogP contribution in [0.5, 0.6) is 0 Å². The van der Waals surface area contributed by atoms with Crippen LogP contribution in [0.2, 0.25) is 0 Å². The predicted octanol–water partition coefficient (Wildman–Crippen LogP) is 4.07. The number of rotatable bonds is 5. The quantitative estimate of drug-likeness (QED) is 0.605. The molecule has 3 aromatic rings. The van der Waals surface area contributed by atoms with E-state index >= 15 is 0 Å². The Morgan fingerprint density at radius 1 is 1.06 bits per heavy atom. The predicted molar refractivity (Wildman–Crippen MR) is 116 cm³/mol. The zero-order valence-corrected chi connectivity index (χ0v) is 17.4. The summed E-state index contributed by atoms with van der Waals surface area (Å²) in [5.74, 6) is 1.24. The number of halogens is 1. The van der Waals surface area contributed by atoms with Crippen LogP contribution in [-0.4, -0.2) is 44.7 Å². The summed E-state index contributed by atoms with van der Waals surface area (Å²) in [7, 11) is 0. The zero-order chi connectivity index (χ0) is 22.0. The average molecular weight is 434 g/mol. The van der Waals surface area contributed by atoms with Gasteiger partial charge in [-0.3, -0.25) is 4.90 Å². The van der Waals surface area contributed by atoms with Gasteiger partial charge in [0, 0.05) is 36.9 Å². The van der Waals surface area contributed by atoms with Gasteiger partial charge in [0.2, 0.25) is 5.95 Å². The number of carbonyl (C=O) groups excluding carboxylic acids is 1. The molecule has 1 aliphatic heterocycles. The third-order valence-corrected chi connectivity index (χ3v) is 6.18. The lowest BCUT2D eigenvalue weighted by Crippen LogP contribution is -2.39. The van der Waals surface area contributed by atoms with Crippen LogP contribution in [0, 0.1) is 11.9 Å². The van der Waals surface area contributed by atoms with Crippen molar-refractivity contribution in [1.29, 1.82) is 0 Å². The van der Waals surface area contributed by atoms with Crippen LogP contribution in [0.25, 0.3) is 11.4 Å². The van der Waals surface area contributed by atoms with Crippen molar-refractivity contribution < 1.29 is 13.9 Å². The smallest absolute Gasteiger partial charge is 0.415 e. The number of ether oxygens (including phenoxy) is 1. The molecule has 1 spiro atoms. The Bertz CT molecular complexity index is 1090. The van der Waals surface area contributed by atoms with Crippen molar-refractivity contribution in [3.63, 3.8) is 0 Å². The van der Waals surface area contributed by atoms with E-state index in [2.05, 4.69) is 25.3 Å². The van der Waals surface area contributed by atoms with Gasteiger partial charge >= 0.3 is 6.09 Å². The van der Waals surface area contributed by atoms with Crippen LogP contribution in [0.3, 0.4) is 0 Å². The van der Waals surface area contributed by atoms with Crippen molar-refractivity contribution in [2.45, 2.75) is 31.3 Å². The molecule has 0 unspecified atom stereocenters. The largest absolute Gasteiger partial charge is 0.441 e. The highest BCUT2D eigenvalue weighted by molar-refractivity contribution is 5.90. The van der Waals surface area contributed by atoms with E-state index in [0.717, 1.165) is 43.6 Å². The third kappa shape index (κ3) is 4.10. The zero-order valence-electron chi connectivity index (χ0n) is 17.4. The summed E-state index contributed by atoms with van der Waals surface area (Å²) >= 11 is 0. The topological polar surface area (TPSA) is 93.1 Å². The molecule has 8 nitrogen and oxygen atoms in total. The van der Waals surface area contributed by atoms with Crippen LogP contribution in [0.4, 0.5) is 20.7 Å². The highest BCUT2D eigenvalue weighted by Crippen LogP contribution is 2.41. The van der Waals surface area contributed by atoms with E-state index in [9.17, 15) is 9.18 Å². The number of nitrogens with zero attached hydrogens (tertiary/aromatic N) is 5. The molecule has 3 aromatic heterocycles. The molecule has 9 heteroatoms. The first-order valence-electron chi connectivity index (χ1n) is 10.7. The van der Waals surface area contributed by atoms with E-state index in [4.69, 9.17) is 4.74 Å². The van der Waals surface area contributed by atoms with Crippen molar-refractivity contribution in [1.82, 2.24) is 19.9 Å². The Kier molecular flexibility index (Phi) is 5.38. The Labute approximate surface area is 184 Å². The molecule has 1 aliphatic carbocycles. The highest BCUT2D eigenvalue weighted by atomic mass is 19.1. The van der Waals surface area contributed by atoms with Gasteiger partial charge < -0.3 is 10.1 Å². The third-order valence-electron chi connectivity index (χ3n) is 6.18. The molecule has 1 saturated heterocycles. The molecular weight excluding hydrogens is 411 g/mol. The van der Waals surface area contributed by atoms with Gasteiger partial charge in [-0.1, -0.05) is 0 Å². The van der Waals surface area contributed by atoms with Crippen LogP contribution >= 0.6 is 0 Å². The monoisotopic (exact) mass is 434 g/mol. The van der Waals surface area contributed by atoms with Crippen molar-refractivity contribution in [3.8, 4) is 11.4 Å². The van der Waals surface area contributed by atoms with Crippen LogP contribution in [0.1, 0.15) is 25.7 Å². The number of pyridine rings is 2. The first kappa shape index (κ1) is 20.3. The van der Waals surface area contributed by atoms with Gasteiger partial charge in [-0.15, -0.1) is 0 Å². The van der Waals surface area contributed by atoms with E-state index < -0.39 is 17.6 Å². The van der Waals surface area contributed by atoms with E-state index in [-0.39, 0.29) is 5.69 Å². The molecule has 32 heavy (non-hydrogen) atoms. The number of aromatic nitrogens is 4. The molecule has 1 N–H and O–H groups in total. The minimum Gasteiger partial charge on any atom is -0.441 e. The molecule has 0 atom stereocenters. The second-order valence-electron chi connectivity index (χ2n) is 8.28. The molecule has 1 amide bonds. The average Bonchev–Trinajstić information content (AvgIpc) is 3.15. The van der Waals surface area contributed by atoms with E-state index in [1.807, 2.05) is 12.1 Å². The Balaban J connectivity index is 1.15. The fraction of sp³-hybridized carbons (Fsp3) is 0.348. The number of nitrogens with one attached hydrogen (secondary N) is 1. The lowest BCUT2D eigenvalue weighted by molar-refractivity contribution is 0.0148. The van der Waals surface area contributed by atoms with Gasteiger partial charge in [0.15, 0.2) is 5.82 Å². The minimum absolute atomic E-state index is 0.175. The summed E-state index contributed by atoms with van der Waals surface area (Å²) in [6.07, 6.45) is 9.38. The molecule has 0 radical (unpaired) electrons. The summed E-state index contributed by atoms with van der Waals surface area (Å²) < 4.78 is 19.8. The summed E-state index contributed by atoms with van der Waals surface area (Å²) in [5.41, 5.74) is 0.493. The van der Waals surface area contributed by atoms with E-state index in [1.165, 1.54) is 11.1 Å². The van der Waals surface area contributed by atoms with Crippen LogP contribution in [-0.2, 0) is 4.74 Å². The first-order valence-corrected chi connectivity index (χ1v) is 10.7. The van der Waals surface area contributed by atoms with Crippen LogP contribution in [0.15, 0.2) is 55.1 Å². The van der Waals surface area contributed by atoms with E-state index in [0.29, 0.717) is 18.3 Å². The molecule has 5 rings (SSSR count). The molecular formula is C23H23FN6O2. The van der Waals surface area contributed by atoms with Gasteiger partial charge in [0.05, 0.1) is 6.54 Å². The molecule has 164 valence electrons. The summed E-state index contributed by atoms with van der Waals surface area (Å²) in [4.78, 5) is 30.3. The van der Waals surface area contributed by atoms with Crippen LogP contribution < -0.4 is 10.2 Å². The maximum Gasteiger partial charge on any atom is 0.415 e. The SMILES string of the molecule is O=C1OC2(CCC(CNc3ccc(-c4ncccn4)cn3)CC2)CN1c1cccnc1F. The van der Waals surface area contributed by atoms with Crippen molar-refractivity contribution >= 4 is 17.6 Å². The lowest BCUT2D eigenvalue weighted by atomic mass is 9.78. The van der Waals surface area contributed by atoms with Gasteiger partial charge in [-0.2, -0.15) is 4.39 Å². The molecule has 1 saturated carbocycles. The number of anilines is 2. The Morgan fingerprint density at radius 2 is 1.84 bits per heavy atom. The second-order valence-corrected chi connectivity index (χ2v) is 8.28. The summed E-state index contributed by atoms with van der Waals surface area (Å²) in [6, 6.07) is 8.83. The lowest BCUT2D eigenvalue weighted by Gasteiger charge is -2.35. The first-order chi connectivity index (χ1) is 15.6. The van der Waals surface area contributed by atoms with Gasteiger partial charge in [-0.25, -0.2) is 24.7 Å². The Morgan fingerprint density at radius 3 is 2.56 bits per heavy atom. The van der Waals surface area contributed by atoms with Gasteiger partial charge in [0.25, 0.3) is 0 Å². The second kappa shape index (κ2) is 8.49. The fourth-order valence-electron chi connectivity index (χ4n) is 4.38. The molecule has 2 aliphatic rings. The molecule has 2 fully saturated rings. The fourth-order valence-corrected chi connectivity index (χ4v) is 4.38. The number of hydrogen-bond acceptors (Lipinski definition) is 7. The van der Waals surface area contributed by atoms with Crippen molar-refractivity contribution in [3.05, 3.63) is 61.1 Å². The molecule has 4 heterocycles. The maximum atomic E-state index is 14.0. The number of hydrogen-bond donors (Lipinski definition) is 1. The molecule has 0 bridgehead atoms.